The van der Waals surface area contributed by atoms with E-state index in [0.29, 0.717) is 28.0 Å². The smallest absolute Gasteiger partial charge is 0.251 e. The van der Waals surface area contributed by atoms with Crippen LogP contribution in [-0.4, -0.2) is 28.2 Å². The van der Waals surface area contributed by atoms with Gasteiger partial charge in [-0.1, -0.05) is 17.7 Å². The van der Waals surface area contributed by atoms with Crippen molar-refractivity contribution in [3.05, 3.63) is 64.9 Å². The number of nitrogens with zero attached hydrogens (tertiary/aromatic N) is 2. The van der Waals surface area contributed by atoms with Crippen LogP contribution in [0.1, 0.15) is 29.1 Å². The number of halogens is 1. The summed E-state index contributed by atoms with van der Waals surface area (Å²) in [6.45, 7) is 1.84. The normalized spacial score (nSPS) is 11.8. The predicted molar refractivity (Wildman–Crippen MR) is 95.7 cm³/mol. The molecule has 1 aromatic heterocycles. The van der Waals surface area contributed by atoms with E-state index >= 15 is 0 Å². The molecule has 1 atom stereocenters. The summed E-state index contributed by atoms with van der Waals surface area (Å²) in [5.41, 5.74) is 1.36. The van der Waals surface area contributed by atoms with Gasteiger partial charge in [0.1, 0.15) is 11.6 Å². The Bertz CT molecular complexity index is 877. The highest BCUT2D eigenvalue weighted by atomic mass is 35.5. The molecule has 2 N–H and O–H groups in total. The first-order valence-corrected chi connectivity index (χ1v) is 8.08. The Morgan fingerprint density at radius 1 is 1.24 bits per heavy atom. The standard InChI is InChI=1S/C18H17ClN4O2/c1-11(20-18(24)13-4-3-5-15(10-13)25-2)16-21-17(23-22-16)12-6-8-14(19)9-7-12/h3-11H,1-2H3,(H,20,24)(H,21,22,23). The van der Waals surface area contributed by atoms with Crippen LogP contribution < -0.4 is 10.1 Å². The third-order valence-corrected chi connectivity index (χ3v) is 3.95. The van der Waals surface area contributed by atoms with Gasteiger partial charge in [-0.15, -0.1) is 0 Å². The maximum absolute atomic E-state index is 12.4. The van der Waals surface area contributed by atoms with Crippen LogP contribution in [0.3, 0.4) is 0 Å². The molecule has 0 aliphatic heterocycles. The first-order chi connectivity index (χ1) is 12.1. The number of aromatic nitrogens is 3. The number of rotatable bonds is 5. The summed E-state index contributed by atoms with van der Waals surface area (Å²) in [7, 11) is 1.56. The fourth-order valence-electron chi connectivity index (χ4n) is 2.31. The van der Waals surface area contributed by atoms with Crippen LogP contribution in [0.4, 0.5) is 0 Å². The molecule has 0 aliphatic carbocycles. The van der Waals surface area contributed by atoms with Crippen LogP contribution in [-0.2, 0) is 0 Å². The average molecular weight is 357 g/mol. The van der Waals surface area contributed by atoms with E-state index in [0.717, 1.165) is 5.56 Å². The average Bonchev–Trinajstić information content (AvgIpc) is 3.12. The lowest BCUT2D eigenvalue weighted by Crippen LogP contribution is -2.27. The van der Waals surface area contributed by atoms with Gasteiger partial charge in [0.15, 0.2) is 5.82 Å². The first kappa shape index (κ1) is 17.0. The monoisotopic (exact) mass is 356 g/mol. The number of carbonyl (C=O) groups excluding carboxylic acids is 1. The molecule has 1 unspecified atom stereocenters. The Labute approximate surface area is 150 Å². The molecule has 128 valence electrons. The van der Waals surface area contributed by atoms with Crippen LogP contribution in [0.5, 0.6) is 5.75 Å². The number of methoxy groups -OCH3 is 1. The minimum atomic E-state index is -0.327. The van der Waals surface area contributed by atoms with Crippen LogP contribution in [0, 0.1) is 0 Å². The second-order valence-corrected chi connectivity index (χ2v) is 5.91. The van der Waals surface area contributed by atoms with Crippen LogP contribution in [0.25, 0.3) is 11.4 Å². The Morgan fingerprint density at radius 2 is 2.00 bits per heavy atom. The zero-order valence-corrected chi connectivity index (χ0v) is 14.5. The number of benzene rings is 2. The minimum Gasteiger partial charge on any atom is -0.497 e. The van der Waals surface area contributed by atoms with Crippen molar-refractivity contribution in [1.82, 2.24) is 20.5 Å². The van der Waals surface area contributed by atoms with Gasteiger partial charge in [-0.05, 0) is 49.4 Å². The lowest BCUT2D eigenvalue weighted by Gasteiger charge is -2.11. The second kappa shape index (κ2) is 7.36. The van der Waals surface area contributed by atoms with E-state index in [9.17, 15) is 4.79 Å². The number of hydrogen-bond donors (Lipinski definition) is 2. The SMILES string of the molecule is COc1cccc(C(=O)NC(C)c2nc(-c3ccc(Cl)cc3)n[nH]2)c1. The third kappa shape index (κ3) is 3.97. The Kier molecular flexibility index (Phi) is 5.00. The van der Waals surface area contributed by atoms with Crippen molar-refractivity contribution in [3.8, 4) is 17.1 Å². The number of nitrogens with one attached hydrogen (secondary N) is 2. The molecular formula is C18H17ClN4O2. The summed E-state index contributed by atoms with van der Waals surface area (Å²) in [6, 6.07) is 13.9. The minimum absolute atomic E-state index is 0.212. The van der Waals surface area contributed by atoms with Gasteiger partial charge in [-0.25, -0.2) is 4.98 Å². The zero-order valence-electron chi connectivity index (χ0n) is 13.8. The van der Waals surface area contributed by atoms with Crippen LogP contribution in [0.2, 0.25) is 5.02 Å². The van der Waals surface area contributed by atoms with Crippen LogP contribution >= 0.6 is 11.6 Å². The number of carbonyl (C=O) groups is 1. The lowest BCUT2D eigenvalue weighted by molar-refractivity contribution is 0.0938. The lowest BCUT2D eigenvalue weighted by atomic mass is 10.2. The maximum atomic E-state index is 12.4. The van der Waals surface area contributed by atoms with E-state index in [-0.39, 0.29) is 11.9 Å². The van der Waals surface area contributed by atoms with Gasteiger partial charge in [-0.2, -0.15) is 5.10 Å². The molecule has 1 amide bonds. The summed E-state index contributed by atoms with van der Waals surface area (Å²) in [5.74, 6) is 1.54. The Hall–Kier alpha value is -2.86. The number of aromatic amines is 1. The highest BCUT2D eigenvalue weighted by molar-refractivity contribution is 6.30. The number of hydrogen-bond acceptors (Lipinski definition) is 4. The van der Waals surface area contributed by atoms with Gasteiger partial charge >= 0.3 is 0 Å². The molecule has 2 aromatic carbocycles. The molecule has 0 aliphatic rings. The second-order valence-electron chi connectivity index (χ2n) is 5.48. The van der Waals surface area contributed by atoms with Gasteiger partial charge in [-0.3, -0.25) is 9.89 Å². The molecule has 0 saturated heterocycles. The molecule has 3 rings (SSSR count). The van der Waals surface area contributed by atoms with E-state index in [1.807, 2.05) is 19.1 Å². The molecule has 0 fully saturated rings. The third-order valence-electron chi connectivity index (χ3n) is 3.69. The van der Waals surface area contributed by atoms with E-state index in [2.05, 4.69) is 20.5 Å². The fourth-order valence-corrected chi connectivity index (χ4v) is 2.43. The summed E-state index contributed by atoms with van der Waals surface area (Å²) >= 11 is 5.89. The molecule has 7 heteroatoms. The summed E-state index contributed by atoms with van der Waals surface area (Å²) in [6.07, 6.45) is 0. The van der Waals surface area contributed by atoms with Gasteiger partial charge in [0.2, 0.25) is 0 Å². The number of H-pyrrole nitrogens is 1. The number of amides is 1. The molecule has 6 nitrogen and oxygen atoms in total. The first-order valence-electron chi connectivity index (χ1n) is 7.70. The molecule has 25 heavy (non-hydrogen) atoms. The topological polar surface area (TPSA) is 79.9 Å². The summed E-state index contributed by atoms with van der Waals surface area (Å²) < 4.78 is 5.14. The van der Waals surface area contributed by atoms with Gasteiger partial charge < -0.3 is 10.1 Å². The van der Waals surface area contributed by atoms with Crippen LogP contribution in [0.15, 0.2) is 48.5 Å². The van der Waals surface area contributed by atoms with Crippen molar-refractivity contribution < 1.29 is 9.53 Å². The quantitative estimate of drug-likeness (QED) is 0.731. The van der Waals surface area contributed by atoms with Gasteiger partial charge in [0, 0.05) is 16.1 Å². The largest absolute Gasteiger partial charge is 0.497 e. The molecular weight excluding hydrogens is 340 g/mol. The van der Waals surface area contributed by atoms with Crippen molar-refractivity contribution in [2.75, 3.05) is 7.11 Å². The molecule has 0 bridgehead atoms. The highest BCUT2D eigenvalue weighted by Crippen LogP contribution is 2.20. The van der Waals surface area contributed by atoms with Gasteiger partial charge in [0.25, 0.3) is 5.91 Å². The van der Waals surface area contributed by atoms with Crippen molar-refractivity contribution in [2.45, 2.75) is 13.0 Å². The molecule has 0 spiro atoms. The molecule has 0 radical (unpaired) electrons. The highest BCUT2D eigenvalue weighted by Gasteiger charge is 2.16. The van der Waals surface area contributed by atoms with Gasteiger partial charge in [0.05, 0.1) is 13.2 Å². The zero-order chi connectivity index (χ0) is 17.8. The van der Waals surface area contributed by atoms with E-state index in [1.54, 1.807) is 43.5 Å². The summed E-state index contributed by atoms with van der Waals surface area (Å²) in [4.78, 5) is 16.8. The molecule has 0 saturated carbocycles. The molecule has 1 heterocycles. The predicted octanol–water partition coefficient (Wildman–Crippen LogP) is 3.62. The number of ether oxygens (including phenoxy) is 1. The molecule has 3 aromatic rings. The van der Waals surface area contributed by atoms with Crippen molar-refractivity contribution >= 4 is 17.5 Å². The van der Waals surface area contributed by atoms with Crippen molar-refractivity contribution in [2.24, 2.45) is 0 Å². The maximum Gasteiger partial charge on any atom is 0.251 e. The fraction of sp³-hybridized carbons (Fsp3) is 0.167. The van der Waals surface area contributed by atoms with E-state index in [4.69, 9.17) is 16.3 Å². The Morgan fingerprint density at radius 3 is 2.72 bits per heavy atom. The van der Waals surface area contributed by atoms with Crippen molar-refractivity contribution in [3.63, 3.8) is 0 Å². The van der Waals surface area contributed by atoms with E-state index < -0.39 is 0 Å². The Balaban J connectivity index is 1.72. The summed E-state index contributed by atoms with van der Waals surface area (Å²) in [5, 5.41) is 10.6. The van der Waals surface area contributed by atoms with E-state index in [1.165, 1.54) is 0 Å². The van der Waals surface area contributed by atoms with Crippen molar-refractivity contribution in [1.29, 1.82) is 0 Å².